The Kier molecular flexibility index (Phi) is 8.58. The Morgan fingerprint density at radius 2 is 1.07 bits per heavy atom. The van der Waals surface area contributed by atoms with Crippen molar-refractivity contribution in [2.45, 2.75) is 10.2 Å². The van der Waals surface area contributed by atoms with Crippen LogP contribution in [0.3, 0.4) is 0 Å². The first kappa shape index (κ1) is 29.5. The van der Waals surface area contributed by atoms with Crippen molar-refractivity contribution in [1.82, 2.24) is 34.1 Å². The summed E-state index contributed by atoms with van der Waals surface area (Å²) in [6, 6.07) is 39.2. The molecule has 9 heteroatoms. The van der Waals surface area contributed by atoms with Crippen LogP contribution in [-0.2, 0) is 0 Å². The summed E-state index contributed by atoms with van der Waals surface area (Å²) in [5.41, 5.74) is 10.7. The second kappa shape index (κ2) is 13.4. The monoisotopic (exact) mass is 635 g/mol. The van der Waals surface area contributed by atoms with E-state index in [1.54, 1.807) is 29.7 Å². The summed E-state index contributed by atoms with van der Waals surface area (Å²) in [6.45, 7) is 0. The first-order valence-electron chi connectivity index (χ1n) is 14.6. The van der Waals surface area contributed by atoms with Crippen LogP contribution in [0.5, 0.6) is 0 Å². The standard InChI is InChI=1S/C19H15N3S.C18H14N4S/c1-23-19-12-15(9-10-20-19)14-7-8-18-17(11-14)21-13-22(18)16-5-3-2-4-6-16;1-23-18-19-10-9-15(21-18)13-7-8-17-16(11-13)20-12-22(17)14-5-3-2-4-6-14/h2-13H,1H3;2-12H,1H3. The Morgan fingerprint density at radius 1 is 0.500 bits per heavy atom. The van der Waals surface area contributed by atoms with Gasteiger partial charge >= 0.3 is 0 Å². The molecule has 0 aliphatic carbocycles. The topological polar surface area (TPSA) is 74.3 Å². The average Bonchev–Trinajstić information content (AvgIpc) is 3.77. The Labute approximate surface area is 275 Å². The van der Waals surface area contributed by atoms with Crippen molar-refractivity contribution in [2.75, 3.05) is 12.5 Å². The van der Waals surface area contributed by atoms with Gasteiger partial charge in [-0.05, 0) is 90.4 Å². The molecule has 4 aromatic heterocycles. The Morgan fingerprint density at radius 3 is 1.67 bits per heavy atom. The molecule has 4 aromatic carbocycles. The van der Waals surface area contributed by atoms with Gasteiger partial charge in [0, 0.05) is 29.3 Å². The van der Waals surface area contributed by atoms with Crippen molar-refractivity contribution in [3.05, 3.63) is 140 Å². The molecule has 0 unspecified atom stereocenters. The van der Waals surface area contributed by atoms with Crippen molar-refractivity contribution in [2.24, 2.45) is 0 Å². The van der Waals surface area contributed by atoms with Crippen LogP contribution in [0, 0.1) is 0 Å². The lowest BCUT2D eigenvalue weighted by molar-refractivity contribution is 0.976. The molecule has 8 aromatic rings. The predicted molar refractivity (Wildman–Crippen MR) is 190 cm³/mol. The maximum atomic E-state index is 4.57. The lowest BCUT2D eigenvalue weighted by Gasteiger charge is -2.06. The van der Waals surface area contributed by atoms with Crippen LogP contribution in [0.4, 0.5) is 0 Å². The van der Waals surface area contributed by atoms with Gasteiger partial charge in [-0.2, -0.15) is 0 Å². The molecule has 0 N–H and O–H groups in total. The fraction of sp³-hybridized carbons (Fsp3) is 0.0541. The molecule has 46 heavy (non-hydrogen) atoms. The second-order valence-electron chi connectivity index (χ2n) is 10.3. The highest BCUT2D eigenvalue weighted by atomic mass is 32.2. The first-order chi connectivity index (χ1) is 22.7. The van der Waals surface area contributed by atoms with Crippen LogP contribution >= 0.6 is 23.5 Å². The lowest BCUT2D eigenvalue weighted by atomic mass is 10.1. The van der Waals surface area contributed by atoms with Crippen LogP contribution in [0.25, 0.3) is 55.8 Å². The van der Waals surface area contributed by atoms with Gasteiger partial charge in [0.1, 0.15) is 12.7 Å². The summed E-state index contributed by atoms with van der Waals surface area (Å²) in [7, 11) is 0. The number of nitrogens with zero attached hydrogens (tertiary/aromatic N) is 7. The van der Waals surface area contributed by atoms with Gasteiger partial charge in [-0.25, -0.2) is 24.9 Å². The minimum absolute atomic E-state index is 0.775. The minimum atomic E-state index is 0.775. The number of benzene rings is 4. The molecule has 0 radical (unpaired) electrons. The van der Waals surface area contributed by atoms with Crippen LogP contribution in [0.2, 0.25) is 0 Å². The Balaban J connectivity index is 0.000000147. The number of hydrogen-bond acceptors (Lipinski definition) is 7. The number of hydrogen-bond donors (Lipinski definition) is 0. The van der Waals surface area contributed by atoms with E-state index in [4.69, 9.17) is 0 Å². The summed E-state index contributed by atoms with van der Waals surface area (Å²) in [5, 5.41) is 1.80. The summed E-state index contributed by atoms with van der Waals surface area (Å²) < 4.78 is 4.20. The zero-order valence-electron chi connectivity index (χ0n) is 25.2. The molecule has 0 spiro atoms. The molecule has 0 aliphatic heterocycles. The van der Waals surface area contributed by atoms with Crippen LogP contribution in [0.1, 0.15) is 0 Å². The number of fused-ring (bicyclic) bond motifs is 2. The number of pyridine rings is 1. The minimum Gasteiger partial charge on any atom is -0.299 e. The predicted octanol–water partition coefficient (Wildman–Crippen LogP) is 9.01. The fourth-order valence-electron chi connectivity index (χ4n) is 5.25. The van der Waals surface area contributed by atoms with E-state index in [9.17, 15) is 0 Å². The third-order valence-corrected chi connectivity index (χ3v) is 8.76. The van der Waals surface area contributed by atoms with Crippen molar-refractivity contribution < 1.29 is 0 Å². The maximum Gasteiger partial charge on any atom is 0.187 e. The fourth-order valence-corrected chi connectivity index (χ4v) is 6.02. The Hall–Kier alpha value is -5.25. The number of imidazole rings is 2. The third kappa shape index (κ3) is 6.15. The smallest absolute Gasteiger partial charge is 0.187 e. The van der Waals surface area contributed by atoms with Crippen LogP contribution in [-0.4, -0.2) is 46.6 Å². The van der Waals surface area contributed by atoms with Crippen molar-refractivity contribution in [3.8, 4) is 33.8 Å². The molecule has 0 aliphatic rings. The van der Waals surface area contributed by atoms with E-state index in [-0.39, 0.29) is 0 Å². The highest BCUT2D eigenvalue weighted by molar-refractivity contribution is 7.98. The van der Waals surface area contributed by atoms with E-state index < -0.39 is 0 Å². The summed E-state index contributed by atoms with van der Waals surface area (Å²) in [4.78, 5) is 22.2. The zero-order chi connectivity index (χ0) is 31.3. The molecule has 0 fully saturated rings. The van der Waals surface area contributed by atoms with Gasteiger partial charge < -0.3 is 0 Å². The van der Waals surface area contributed by atoms with Crippen molar-refractivity contribution in [1.29, 1.82) is 0 Å². The summed E-state index contributed by atoms with van der Waals surface area (Å²) >= 11 is 3.19. The number of thioether (sulfide) groups is 2. The van der Waals surface area contributed by atoms with Gasteiger partial charge in [0.15, 0.2) is 5.16 Å². The zero-order valence-corrected chi connectivity index (χ0v) is 26.9. The van der Waals surface area contributed by atoms with Gasteiger partial charge in [0.25, 0.3) is 0 Å². The van der Waals surface area contributed by atoms with E-state index in [0.717, 1.165) is 60.4 Å². The van der Waals surface area contributed by atoms with Gasteiger partial charge in [0.2, 0.25) is 0 Å². The van der Waals surface area contributed by atoms with E-state index in [0.29, 0.717) is 0 Å². The molecule has 0 bridgehead atoms. The molecule has 4 heterocycles. The number of para-hydroxylation sites is 2. The van der Waals surface area contributed by atoms with Crippen LogP contribution in [0.15, 0.2) is 150 Å². The summed E-state index contributed by atoms with van der Waals surface area (Å²) in [5.74, 6) is 0. The molecule has 0 saturated heterocycles. The molecular formula is C37H29N7S2. The lowest BCUT2D eigenvalue weighted by Crippen LogP contribution is -1.91. The highest BCUT2D eigenvalue weighted by Gasteiger charge is 2.09. The second-order valence-corrected chi connectivity index (χ2v) is 11.9. The maximum absolute atomic E-state index is 4.57. The quantitative estimate of drug-likeness (QED) is 0.133. The molecule has 8 rings (SSSR count). The Bertz CT molecular complexity index is 2080. The van der Waals surface area contributed by atoms with E-state index in [1.165, 1.54) is 5.56 Å². The van der Waals surface area contributed by atoms with E-state index in [1.807, 2.05) is 79.9 Å². The SMILES string of the molecule is CSc1cc(-c2ccc3c(c2)ncn3-c2ccccc2)ccn1.CSc1nccc(-c2ccc3c(c2)ncn3-c2ccccc2)n1. The van der Waals surface area contributed by atoms with Gasteiger partial charge in [-0.3, -0.25) is 9.13 Å². The van der Waals surface area contributed by atoms with Gasteiger partial charge in [-0.15, -0.1) is 11.8 Å². The van der Waals surface area contributed by atoms with Crippen molar-refractivity contribution >= 4 is 45.6 Å². The highest BCUT2D eigenvalue weighted by Crippen LogP contribution is 2.28. The largest absolute Gasteiger partial charge is 0.299 e. The number of rotatable bonds is 6. The van der Waals surface area contributed by atoms with Gasteiger partial charge in [-0.1, -0.05) is 60.3 Å². The van der Waals surface area contributed by atoms with E-state index in [2.05, 4.69) is 101 Å². The average molecular weight is 636 g/mol. The molecule has 0 saturated carbocycles. The molecule has 7 nitrogen and oxygen atoms in total. The van der Waals surface area contributed by atoms with Crippen LogP contribution < -0.4 is 0 Å². The van der Waals surface area contributed by atoms with Crippen molar-refractivity contribution in [3.63, 3.8) is 0 Å². The molecule has 0 amide bonds. The molecular weight excluding hydrogens is 607 g/mol. The van der Waals surface area contributed by atoms with E-state index >= 15 is 0 Å². The summed E-state index contributed by atoms with van der Waals surface area (Å²) in [6.07, 6.45) is 11.4. The first-order valence-corrected chi connectivity index (χ1v) is 17.1. The third-order valence-electron chi connectivity index (χ3n) is 7.55. The molecule has 224 valence electrons. The number of aromatic nitrogens is 7. The normalized spacial score (nSPS) is 11.0. The molecule has 0 atom stereocenters. The van der Waals surface area contributed by atoms with Gasteiger partial charge in [0.05, 0.1) is 32.8 Å².